The molecule has 2 heterocycles. The molecule has 0 fully saturated rings. The minimum Gasteiger partial charge on any atom is -0.465 e. The number of alkyl halides is 3. The first-order valence-electron chi connectivity index (χ1n) is 9.29. The van der Waals surface area contributed by atoms with Crippen LogP contribution in [-0.4, -0.2) is 39.5 Å². The van der Waals surface area contributed by atoms with Gasteiger partial charge in [-0.3, -0.25) is 4.90 Å². The number of nitrogens with one attached hydrogen (secondary N) is 1. The molecule has 3 rings (SSSR count). The Kier molecular flexibility index (Phi) is 6.89. The van der Waals surface area contributed by atoms with E-state index in [4.69, 9.17) is 4.74 Å². The van der Waals surface area contributed by atoms with Crippen LogP contribution in [0, 0.1) is 0 Å². The second-order valence-electron chi connectivity index (χ2n) is 6.91. The van der Waals surface area contributed by atoms with E-state index in [1.807, 2.05) is 0 Å². The molecule has 1 aromatic carbocycles. The number of rotatable bonds is 7. The molecule has 6 nitrogen and oxygen atoms in total. The maximum absolute atomic E-state index is 13.3. The SMILES string of the molecule is C=CCNS(=O)(=O)c1sc2c(c1C(=O)OC)CCN(Cc1ccccc1C(F)(F)F)C2. The lowest BCUT2D eigenvalue weighted by atomic mass is 10.0. The lowest BCUT2D eigenvalue weighted by Crippen LogP contribution is -2.31. The van der Waals surface area contributed by atoms with Gasteiger partial charge in [-0.2, -0.15) is 13.2 Å². The summed E-state index contributed by atoms with van der Waals surface area (Å²) in [6, 6.07) is 5.37. The molecular weight excluding hydrogens is 453 g/mol. The first kappa shape index (κ1) is 23.5. The Balaban J connectivity index is 1.93. The third-order valence-corrected chi connectivity index (χ3v) is 8.03. The molecule has 0 saturated carbocycles. The summed E-state index contributed by atoms with van der Waals surface area (Å²) < 4.78 is 72.3. The topological polar surface area (TPSA) is 75.7 Å². The van der Waals surface area contributed by atoms with Gasteiger partial charge in [-0.25, -0.2) is 17.9 Å². The number of fused-ring (bicyclic) bond motifs is 1. The molecule has 0 amide bonds. The molecule has 0 radical (unpaired) electrons. The van der Waals surface area contributed by atoms with Crippen LogP contribution in [0.25, 0.3) is 0 Å². The molecule has 0 unspecified atom stereocenters. The van der Waals surface area contributed by atoms with Crippen LogP contribution < -0.4 is 4.72 Å². The second-order valence-corrected chi connectivity index (χ2v) is 9.98. The van der Waals surface area contributed by atoms with E-state index in [0.717, 1.165) is 17.4 Å². The van der Waals surface area contributed by atoms with Crippen LogP contribution >= 0.6 is 11.3 Å². The van der Waals surface area contributed by atoms with Gasteiger partial charge in [0.15, 0.2) is 0 Å². The Hall–Kier alpha value is -2.21. The summed E-state index contributed by atoms with van der Waals surface area (Å²) in [5.41, 5.74) is 0.00778. The molecule has 31 heavy (non-hydrogen) atoms. The van der Waals surface area contributed by atoms with E-state index in [-0.39, 0.29) is 35.0 Å². The van der Waals surface area contributed by atoms with Gasteiger partial charge in [-0.15, -0.1) is 17.9 Å². The van der Waals surface area contributed by atoms with E-state index in [0.29, 0.717) is 23.4 Å². The molecule has 0 aliphatic carbocycles. The number of sulfonamides is 1. The number of halogens is 3. The third-order valence-electron chi connectivity index (χ3n) is 4.87. The molecule has 1 aliphatic heterocycles. The number of ether oxygens (including phenoxy) is 1. The number of methoxy groups -OCH3 is 1. The van der Waals surface area contributed by atoms with Crippen molar-refractivity contribution in [2.45, 2.75) is 29.9 Å². The van der Waals surface area contributed by atoms with Gasteiger partial charge in [-0.05, 0) is 23.6 Å². The molecule has 0 saturated heterocycles. The highest BCUT2D eigenvalue weighted by Crippen LogP contribution is 2.38. The van der Waals surface area contributed by atoms with Crippen LogP contribution in [-0.2, 0) is 40.4 Å². The van der Waals surface area contributed by atoms with Crippen LogP contribution in [0.15, 0.2) is 41.1 Å². The van der Waals surface area contributed by atoms with Crippen molar-refractivity contribution >= 4 is 27.3 Å². The van der Waals surface area contributed by atoms with Crippen molar-refractivity contribution in [2.24, 2.45) is 0 Å². The van der Waals surface area contributed by atoms with E-state index in [2.05, 4.69) is 11.3 Å². The smallest absolute Gasteiger partial charge is 0.416 e. The largest absolute Gasteiger partial charge is 0.465 e. The summed E-state index contributed by atoms with van der Waals surface area (Å²) >= 11 is 0.938. The molecule has 0 atom stereocenters. The number of hydrogen-bond acceptors (Lipinski definition) is 6. The van der Waals surface area contributed by atoms with Crippen molar-refractivity contribution in [3.8, 4) is 0 Å². The maximum Gasteiger partial charge on any atom is 0.416 e. The van der Waals surface area contributed by atoms with Gasteiger partial charge >= 0.3 is 12.1 Å². The molecule has 0 bridgehead atoms. The minimum absolute atomic E-state index is 0.00518. The summed E-state index contributed by atoms with van der Waals surface area (Å²) in [7, 11) is -2.81. The number of carbonyl (C=O) groups is 1. The first-order valence-corrected chi connectivity index (χ1v) is 11.6. The summed E-state index contributed by atoms with van der Waals surface area (Å²) in [4.78, 5) is 14.8. The lowest BCUT2D eigenvalue weighted by molar-refractivity contribution is -0.138. The van der Waals surface area contributed by atoms with Crippen molar-refractivity contribution in [3.63, 3.8) is 0 Å². The Labute approximate surface area is 182 Å². The highest BCUT2D eigenvalue weighted by Gasteiger charge is 2.36. The van der Waals surface area contributed by atoms with Gasteiger partial charge in [0, 0.05) is 31.1 Å². The van der Waals surface area contributed by atoms with Crippen molar-refractivity contribution in [1.29, 1.82) is 0 Å². The molecule has 11 heteroatoms. The average molecular weight is 475 g/mol. The van der Waals surface area contributed by atoms with Gasteiger partial charge in [0.05, 0.1) is 18.2 Å². The Morgan fingerprint density at radius 2 is 2.06 bits per heavy atom. The van der Waals surface area contributed by atoms with Crippen LogP contribution in [0.1, 0.15) is 31.9 Å². The van der Waals surface area contributed by atoms with Crippen LogP contribution in [0.2, 0.25) is 0 Å². The number of carbonyl (C=O) groups excluding carboxylic acids is 1. The number of hydrogen-bond donors (Lipinski definition) is 1. The van der Waals surface area contributed by atoms with E-state index in [1.165, 1.54) is 25.3 Å². The number of nitrogens with zero attached hydrogens (tertiary/aromatic N) is 1. The number of benzene rings is 1. The second kappa shape index (κ2) is 9.11. The third kappa shape index (κ3) is 5.00. The van der Waals surface area contributed by atoms with E-state index in [9.17, 15) is 26.4 Å². The zero-order valence-electron chi connectivity index (χ0n) is 16.7. The highest BCUT2D eigenvalue weighted by molar-refractivity contribution is 7.91. The quantitative estimate of drug-likeness (QED) is 0.491. The van der Waals surface area contributed by atoms with Gasteiger partial charge < -0.3 is 4.74 Å². The zero-order chi connectivity index (χ0) is 22.8. The molecule has 168 valence electrons. The number of thiophene rings is 1. The maximum atomic E-state index is 13.3. The lowest BCUT2D eigenvalue weighted by Gasteiger charge is -2.28. The highest BCUT2D eigenvalue weighted by atomic mass is 32.2. The number of esters is 1. The fraction of sp³-hybridized carbons (Fsp3) is 0.350. The van der Waals surface area contributed by atoms with E-state index < -0.39 is 27.7 Å². The van der Waals surface area contributed by atoms with E-state index >= 15 is 0 Å². The summed E-state index contributed by atoms with van der Waals surface area (Å²) in [5.74, 6) is -0.757. The van der Waals surface area contributed by atoms with Crippen molar-refractivity contribution < 1.29 is 31.1 Å². The molecule has 1 aromatic heterocycles. The standard InChI is InChI=1S/C20H21F3N2O4S2/c1-3-9-24-31(27,28)19-17(18(26)29-2)14-8-10-25(12-16(14)30-19)11-13-6-4-5-7-15(13)20(21,22)23/h3-7,24H,1,8-12H2,2H3. The van der Waals surface area contributed by atoms with Gasteiger partial charge in [-0.1, -0.05) is 24.3 Å². The van der Waals surface area contributed by atoms with Crippen molar-refractivity contribution in [3.05, 3.63) is 64.1 Å². The fourth-order valence-electron chi connectivity index (χ4n) is 3.47. The van der Waals surface area contributed by atoms with Crippen LogP contribution in [0.5, 0.6) is 0 Å². The van der Waals surface area contributed by atoms with Gasteiger partial charge in [0.25, 0.3) is 10.0 Å². The molecule has 1 aliphatic rings. The zero-order valence-corrected chi connectivity index (χ0v) is 18.3. The van der Waals surface area contributed by atoms with Crippen LogP contribution in [0.4, 0.5) is 13.2 Å². The molecule has 0 spiro atoms. The molecule has 1 N–H and O–H groups in total. The summed E-state index contributed by atoms with van der Waals surface area (Å²) in [6.07, 6.45) is -2.76. The summed E-state index contributed by atoms with van der Waals surface area (Å²) in [6.45, 7) is 4.12. The van der Waals surface area contributed by atoms with Gasteiger partial charge in [0.2, 0.25) is 0 Å². The van der Waals surface area contributed by atoms with Crippen molar-refractivity contribution in [2.75, 3.05) is 20.2 Å². The van der Waals surface area contributed by atoms with Crippen LogP contribution in [0.3, 0.4) is 0 Å². The van der Waals surface area contributed by atoms with E-state index in [1.54, 1.807) is 11.0 Å². The Bertz CT molecular complexity index is 1090. The first-order chi connectivity index (χ1) is 14.6. The normalized spacial score (nSPS) is 14.8. The predicted octanol–water partition coefficient (Wildman–Crippen LogP) is 3.58. The molecular formula is C20H21F3N2O4S2. The van der Waals surface area contributed by atoms with Gasteiger partial charge in [0.1, 0.15) is 4.21 Å². The fourth-order valence-corrected chi connectivity index (χ4v) is 6.44. The predicted molar refractivity (Wildman–Crippen MR) is 110 cm³/mol. The summed E-state index contributed by atoms with van der Waals surface area (Å²) in [5, 5.41) is 0. The minimum atomic E-state index is -4.46. The van der Waals surface area contributed by atoms with Crippen molar-refractivity contribution in [1.82, 2.24) is 9.62 Å². The molecule has 2 aromatic rings. The monoisotopic (exact) mass is 474 g/mol. The Morgan fingerprint density at radius 1 is 1.35 bits per heavy atom. The Morgan fingerprint density at radius 3 is 2.71 bits per heavy atom. The average Bonchev–Trinajstić information content (AvgIpc) is 3.11.